The topological polar surface area (TPSA) is 69.4 Å². The zero-order valence-corrected chi connectivity index (χ0v) is 16.5. The van der Waals surface area contributed by atoms with Crippen LogP contribution >= 0.6 is 11.8 Å². The van der Waals surface area contributed by atoms with Gasteiger partial charge in [0.2, 0.25) is 0 Å². The normalized spacial score (nSPS) is 12.0. The maximum Gasteiger partial charge on any atom is 0.191 e. The average Bonchev–Trinajstić information content (AvgIpc) is 3.07. The predicted octanol–water partition coefficient (Wildman–Crippen LogP) is 3.55. The molecule has 1 aromatic heterocycles. The first kappa shape index (κ1) is 20.2. The summed E-state index contributed by atoms with van der Waals surface area (Å²) in [7, 11) is 1.77. The van der Waals surface area contributed by atoms with Gasteiger partial charge >= 0.3 is 0 Å². The highest BCUT2D eigenvalue weighted by molar-refractivity contribution is 7.99. The smallest absolute Gasteiger partial charge is 0.191 e. The second-order valence-corrected chi connectivity index (χ2v) is 7.01. The third kappa shape index (κ3) is 5.02. The molecule has 148 valence electrons. The number of rotatable bonds is 9. The molecule has 8 heteroatoms. The molecule has 0 saturated carbocycles. The molecular formula is C20H22FN3O3S. The summed E-state index contributed by atoms with van der Waals surface area (Å²) in [6.07, 6.45) is -0.690. The molecule has 0 radical (unpaired) electrons. The molecule has 0 spiro atoms. The average molecular weight is 403 g/mol. The van der Waals surface area contributed by atoms with Crippen molar-refractivity contribution in [3.05, 3.63) is 54.3 Å². The molecule has 0 saturated heterocycles. The Morgan fingerprint density at radius 3 is 2.43 bits per heavy atom. The van der Waals surface area contributed by atoms with E-state index in [1.54, 1.807) is 41.9 Å². The summed E-state index contributed by atoms with van der Waals surface area (Å²) >= 11 is 1.34. The van der Waals surface area contributed by atoms with Gasteiger partial charge in [0.25, 0.3) is 0 Å². The summed E-state index contributed by atoms with van der Waals surface area (Å²) < 4.78 is 26.6. The maximum absolute atomic E-state index is 14.0. The second-order valence-electron chi connectivity index (χ2n) is 6.03. The Kier molecular flexibility index (Phi) is 6.89. The van der Waals surface area contributed by atoms with Crippen LogP contribution in [0.3, 0.4) is 0 Å². The third-order valence-corrected chi connectivity index (χ3v) is 5.10. The highest BCUT2D eigenvalue weighted by atomic mass is 32.2. The van der Waals surface area contributed by atoms with E-state index in [1.165, 1.54) is 17.8 Å². The molecule has 0 fully saturated rings. The number of aliphatic hydroxyl groups excluding tert-OH is 1. The van der Waals surface area contributed by atoms with E-state index in [0.717, 1.165) is 5.75 Å². The highest BCUT2D eigenvalue weighted by Crippen LogP contribution is 2.25. The fourth-order valence-electron chi connectivity index (χ4n) is 2.53. The fourth-order valence-corrected chi connectivity index (χ4v) is 3.34. The van der Waals surface area contributed by atoms with Crippen molar-refractivity contribution in [3.8, 4) is 22.9 Å². The van der Waals surface area contributed by atoms with Crippen LogP contribution in [0.15, 0.2) is 53.7 Å². The molecule has 0 bridgehead atoms. The van der Waals surface area contributed by atoms with Crippen LogP contribution in [-0.2, 0) is 7.05 Å². The first-order valence-electron chi connectivity index (χ1n) is 8.89. The van der Waals surface area contributed by atoms with Crippen molar-refractivity contribution in [2.24, 2.45) is 7.05 Å². The van der Waals surface area contributed by atoms with E-state index in [2.05, 4.69) is 10.2 Å². The van der Waals surface area contributed by atoms with Crippen LogP contribution in [-0.4, -0.2) is 44.9 Å². The van der Waals surface area contributed by atoms with E-state index in [-0.39, 0.29) is 12.4 Å². The van der Waals surface area contributed by atoms with Gasteiger partial charge in [-0.25, -0.2) is 4.39 Å². The van der Waals surface area contributed by atoms with Gasteiger partial charge in [0, 0.05) is 12.8 Å². The summed E-state index contributed by atoms with van der Waals surface area (Å²) in [6.45, 7) is 2.69. The van der Waals surface area contributed by atoms with E-state index in [0.29, 0.717) is 34.7 Å². The number of hydrogen-bond acceptors (Lipinski definition) is 6. The van der Waals surface area contributed by atoms with E-state index >= 15 is 0 Å². The molecule has 0 amide bonds. The number of benzene rings is 2. The van der Waals surface area contributed by atoms with E-state index in [9.17, 15) is 9.50 Å². The van der Waals surface area contributed by atoms with Crippen molar-refractivity contribution in [3.63, 3.8) is 0 Å². The van der Waals surface area contributed by atoms with Crippen LogP contribution < -0.4 is 9.47 Å². The Bertz CT molecular complexity index is 902. The minimum atomic E-state index is -0.690. The first-order valence-corrected chi connectivity index (χ1v) is 9.88. The number of thioether (sulfide) groups is 1. The first-order chi connectivity index (χ1) is 13.6. The summed E-state index contributed by atoms with van der Waals surface area (Å²) in [5.74, 6) is 1.91. The Labute approximate surface area is 167 Å². The monoisotopic (exact) mass is 403 g/mol. The third-order valence-electron chi connectivity index (χ3n) is 3.93. The Hall–Kier alpha value is -2.58. The summed E-state index contributed by atoms with van der Waals surface area (Å²) in [5.41, 5.74) is 0.392. The molecule has 1 N–H and O–H groups in total. The van der Waals surface area contributed by atoms with Gasteiger partial charge in [-0.1, -0.05) is 23.9 Å². The van der Waals surface area contributed by atoms with E-state index in [1.807, 2.05) is 19.1 Å². The molecule has 3 rings (SSSR count). The number of ether oxygens (including phenoxy) is 2. The zero-order chi connectivity index (χ0) is 19.9. The zero-order valence-electron chi connectivity index (χ0n) is 15.7. The number of aromatic nitrogens is 3. The lowest BCUT2D eigenvalue weighted by Crippen LogP contribution is -2.20. The standard InChI is InChI=1S/C20H22FN3O3S/c1-3-26-15-8-10-16(11-9-15)27-12-14(25)13-28-20-23-22-19(24(20)2)17-6-4-5-7-18(17)21/h4-11,14,25H,3,12-13H2,1-2H3. The summed E-state index contributed by atoms with van der Waals surface area (Å²) in [5, 5.41) is 18.9. The summed E-state index contributed by atoms with van der Waals surface area (Å²) in [4.78, 5) is 0. The maximum atomic E-state index is 14.0. The lowest BCUT2D eigenvalue weighted by Gasteiger charge is -2.12. The molecule has 28 heavy (non-hydrogen) atoms. The molecule has 0 aliphatic carbocycles. The molecular weight excluding hydrogens is 381 g/mol. The van der Waals surface area contributed by atoms with Crippen LogP contribution in [0, 0.1) is 5.82 Å². The van der Waals surface area contributed by atoms with Crippen molar-refractivity contribution in [2.75, 3.05) is 19.0 Å². The van der Waals surface area contributed by atoms with Crippen LogP contribution in [0.25, 0.3) is 11.4 Å². The molecule has 0 aliphatic heterocycles. The van der Waals surface area contributed by atoms with Crippen molar-refractivity contribution >= 4 is 11.8 Å². The lowest BCUT2D eigenvalue weighted by atomic mass is 10.2. The number of nitrogens with zero attached hydrogens (tertiary/aromatic N) is 3. The van der Waals surface area contributed by atoms with Gasteiger partial charge in [-0.2, -0.15) is 0 Å². The van der Waals surface area contributed by atoms with Crippen LogP contribution in [0.4, 0.5) is 4.39 Å². The molecule has 1 atom stereocenters. The highest BCUT2D eigenvalue weighted by Gasteiger charge is 2.16. The molecule has 3 aromatic rings. The molecule has 1 heterocycles. The van der Waals surface area contributed by atoms with E-state index in [4.69, 9.17) is 9.47 Å². The van der Waals surface area contributed by atoms with Gasteiger partial charge in [-0.15, -0.1) is 10.2 Å². The summed E-state index contributed by atoms with van der Waals surface area (Å²) in [6, 6.07) is 13.7. The predicted molar refractivity (Wildman–Crippen MR) is 106 cm³/mol. The molecule has 6 nitrogen and oxygen atoms in total. The van der Waals surface area contributed by atoms with Gasteiger partial charge in [0.15, 0.2) is 11.0 Å². The minimum absolute atomic E-state index is 0.152. The number of hydrogen-bond donors (Lipinski definition) is 1. The Morgan fingerprint density at radius 1 is 1.07 bits per heavy atom. The number of halogens is 1. The van der Waals surface area contributed by atoms with Gasteiger partial charge < -0.3 is 19.1 Å². The molecule has 1 unspecified atom stereocenters. The van der Waals surface area contributed by atoms with Crippen molar-refractivity contribution in [1.82, 2.24) is 14.8 Å². The van der Waals surface area contributed by atoms with Crippen molar-refractivity contribution in [2.45, 2.75) is 18.2 Å². The van der Waals surface area contributed by atoms with Gasteiger partial charge in [0.1, 0.15) is 23.9 Å². The Balaban J connectivity index is 1.52. The van der Waals surface area contributed by atoms with Crippen LogP contribution in [0.2, 0.25) is 0 Å². The fraction of sp³-hybridized carbons (Fsp3) is 0.300. The number of aliphatic hydroxyl groups is 1. The Morgan fingerprint density at radius 2 is 1.75 bits per heavy atom. The SMILES string of the molecule is CCOc1ccc(OCC(O)CSc2nnc(-c3ccccc3F)n2C)cc1. The van der Waals surface area contributed by atoms with Gasteiger partial charge in [-0.05, 0) is 43.3 Å². The second kappa shape index (κ2) is 9.57. The van der Waals surface area contributed by atoms with Crippen LogP contribution in [0.1, 0.15) is 6.92 Å². The quantitative estimate of drug-likeness (QED) is 0.551. The molecule has 0 aliphatic rings. The minimum Gasteiger partial charge on any atom is -0.494 e. The van der Waals surface area contributed by atoms with Crippen LogP contribution in [0.5, 0.6) is 11.5 Å². The van der Waals surface area contributed by atoms with Crippen molar-refractivity contribution < 1.29 is 19.0 Å². The largest absolute Gasteiger partial charge is 0.494 e. The van der Waals surface area contributed by atoms with Crippen molar-refractivity contribution in [1.29, 1.82) is 0 Å². The molecule has 2 aromatic carbocycles. The van der Waals surface area contributed by atoms with Gasteiger partial charge in [-0.3, -0.25) is 0 Å². The van der Waals surface area contributed by atoms with E-state index < -0.39 is 6.10 Å². The van der Waals surface area contributed by atoms with Gasteiger partial charge in [0.05, 0.1) is 18.3 Å². The lowest BCUT2D eigenvalue weighted by molar-refractivity contribution is 0.126.